The third kappa shape index (κ3) is 3.34. The van der Waals surface area contributed by atoms with E-state index in [1.54, 1.807) is 6.08 Å². The van der Waals surface area contributed by atoms with Gasteiger partial charge in [0.2, 0.25) is 6.41 Å². The first kappa shape index (κ1) is 14.5. The van der Waals surface area contributed by atoms with Gasteiger partial charge in [-0.2, -0.15) is 5.01 Å². The minimum absolute atomic E-state index is 0.312. The van der Waals surface area contributed by atoms with Crippen molar-refractivity contribution in [3.63, 3.8) is 0 Å². The van der Waals surface area contributed by atoms with Crippen LogP contribution in [0.2, 0.25) is 0 Å². The molecule has 1 aromatic rings. The molecule has 0 unspecified atom stereocenters. The number of hydrazine groups is 1. The van der Waals surface area contributed by atoms with Gasteiger partial charge in [-0.05, 0) is 36.4 Å². The van der Waals surface area contributed by atoms with Crippen LogP contribution in [0.15, 0.2) is 46.9 Å². The molecule has 4 nitrogen and oxygen atoms in total. The van der Waals surface area contributed by atoms with Gasteiger partial charge in [0.15, 0.2) is 4.32 Å². The third-order valence-electron chi connectivity index (χ3n) is 2.53. The quantitative estimate of drug-likeness (QED) is 0.527. The van der Waals surface area contributed by atoms with E-state index in [-0.39, 0.29) is 5.91 Å². The first-order valence-electron chi connectivity index (χ1n) is 5.83. The molecule has 6 heteroatoms. The maximum absolute atomic E-state index is 12.0. The van der Waals surface area contributed by atoms with Crippen molar-refractivity contribution in [3.8, 4) is 0 Å². The highest BCUT2D eigenvalue weighted by Crippen LogP contribution is 2.30. The van der Waals surface area contributed by atoms with Crippen molar-refractivity contribution < 1.29 is 9.59 Å². The van der Waals surface area contributed by atoms with E-state index in [1.165, 1.54) is 11.8 Å². The van der Waals surface area contributed by atoms with Gasteiger partial charge in [-0.15, -0.1) is 0 Å². The SMILES string of the molecule is CC(/C=C1\SC(=S)N(NC=O)C1=O)=C\c1ccccc1. The van der Waals surface area contributed by atoms with Crippen LogP contribution in [0.25, 0.3) is 6.08 Å². The van der Waals surface area contributed by atoms with E-state index in [4.69, 9.17) is 12.2 Å². The monoisotopic (exact) mass is 304 g/mol. The molecule has 1 aliphatic rings. The van der Waals surface area contributed by atoms with Gasteiger partial charge in [-0.1, -0.05) is 48.2 Å². The van der Waals surface area contributed by atoms with Gasteiger partial charge in [-0.3, -0.25) is 15.0 Å². The number of thioether (sulfide) groups is 1. The summed E-state index contributed by atoms with van der Waals surface area (Å²) in [5.41, 5.74) is 4.27. The Morgan fingerprint density at radius 2 is 2.05 bits per heavy atom. The van der Waals surface area contributed by atoms with Crippen molar-refractivity contribution in [1.29, 1.82) is 0 Å². The zero-order valence-electron chi connectivity index (χ0n) is 10.7. The lowest BCUT2D eigenvalue weighted by atomic mass is 10.1. The molecule has 1 heterocycles. The predicted octanol–water partition coefficient (Wildman–Crippen LogP) is 2.50. The number of carbonyl (C=O) groups is 2. The molecule has 0 spiro atoms. The molecular weight excluding hydrogens is 292 g/mol. The first-order valence-corrected chi connectivity index (χ1v) is 7.05. The first-order chi connectivity index (χ1) is 9.61. The second-order valence-electron chi connectivity index (χ2n) is 4.06. The zero-order valence-corrected chi connectivity index (χ0v) is 12.3. The Morgan fingerprint density at radius 1 is 1.35 bits per heavy atom. The Bertz CT molecular complexity index is 609. The van der Waals surface area contributed by atoms with Crippen LogP contribution in [0.4, 0.5) is 0 Å². The van der Waals surface area contributed by atoms with Crippen LogP contribution in [-0.2, 0) is 9.59 Å². The van der Waals surface area contributed by atoms with Crippen molar-refractivity contribution in [1.82, 2.24) is 10.4 Å². The summed E-state index contributed by atoms with van der Waals surface area (Å²) < 4.78 is 0.320. The minimum Gasteiger partial charge on any atom is -0.277 e. The van der Waals surface area contributed by atoms with Crippen molar-refractivity contribution >= 4 is 46.7 Å². The van der Waals surface area contributed by atoms with Gasteiger partial charge >= 0.3 is 0 Å². The number of nitrogens with zero attached hydrogens (tertiary/aromatic N) is 1. The zero-order chi connectivity index (χ0) is 14.5. The summed E-state index contributed by atoms with van der Waals surface area (Å²) in [5, 5.41) is 1.06. The second kappa shape index (κ2) is 6.49. The van der Waals surface area contributed by atoms with Crippen molar-refractivity contribution in [2.75, 3.05) is 0 Å². The highest BCUT2D eigenvalue weighted by molar-refractivity contribution is 8.26. The van der Waals surface area contributed by atoms with Gasteiger partial charge < -0.3 is 0 Å². The lowest BCUT2D eigenvalue weighted by Gasteiger charge is -2.10. The molecule has 1 N–H and O–H groups in total. The summed E-state index contributed by atoms with van der Waals surface area (Å²) in [6.45, 7) is 1.91. The topological polar surface area (TPSA) is 49.4 Å². The molecule has 1 aromatic carbocycles. The number of hydrogen-bond donors (Lipinski definition) is 1. The number of carbonyl (C=O) groups excluding carboxylic acids is 2. The number of rotatable bonds is 4. The fourth-order valence-electron chi connectivity index (χ4n) is 1.69. The highest BCUT2D eigenvalue weighted by Gasteiger charge is 2.31. The number of benzene rings is 1. The number of thiocarbonyl (C=S) groups is 1. The molecule has 0 aliphatic carbocycles. The van der Waals surface area contributed by atoms with E-state index in [9.17, 15) is 9.59 Å². The molecule has 20 heavy (non-hydrogen) atoms. The molecule has 1 saturated heterocycles. The van der Waals surface area contributed by atoms with Crippen LogP contribution in [0, 0.1) is 0 Å². The molecule has 2 amide bonds. The molecule has 102 valence electrons. The number of amides is 2. The van der Waals surface area contributed by atoms with Crippen LogP contribution in [0.1, 0.15) is 12.5 Å². The average molecular weight is 304 g/mol. The Balaban J connectivity index is 2.19. The molecule has 0 saturated carbocycles. The van der Waals surface area contributed by atoms with Crippen molar-refractivity contribution in [3.05, 3.63) is 52.4 Å². The fraction of sp³-hybridized carbons (Fsp3) is 0.0714. The van der Waals surface area contributed by atoms with Crippen LogP contribution in [0.5, 0.6) is 0 Å². The van der Waals surface area contributed by atoms with Crippen LogP contribution in [-0.4, -0.2) is 21.6 Å². The Kier molecular flexibility index (Phi) is 4.70. The second-order valence-corrected chi connectivity index (χ2v) is 5.74. The number of nitrogens with one attached hydrogen (secondary N) is 1. The minimum atomic E-state index is -0.312. The van der Waals surface area contributed by atoms with Crippen molar-refractivity contribution in [2.45, 2.75) is 6.92 Å². The normalized spacial score (nSPS) is 17.8. The fourth-order valence-corrected chi connectivity index (χ4v) is 2.94. The van der Waals surface area contributed by atoms with Gasteiger partial charge in [0.05, 0.1) is 4.91 Å². The average Bonchev–Trinajstić information content (AvgIpc) is 2.68. The summed E-state index contributed by atoms with van der Waals surface area (Å²) in [6.07, 6.45) is 4.17. The Morgan fingerprint density at radius 3 is 2.70 bits per heavy atom. The molecule has 1 fully saturated rings. The largest absolute Gasteiger partial charge is 0.285 e. The van der Waals surface area contributed by atoms with E-state index in [1.807, 2.05) is 43.3 Å². The highest BCUT2D eigenvalue weighted by atomic mass is 32.2. The van der Waals surface area contributed by atoms with Crippen molar-refractivity contribution in [2.24, 2.45) is 0 Å². The summed E-state index contributed by atoms with van der Waals surface area (Å²) in [7, 11) is 0. The van der Waals surface area contributed by atoms with E-state index < -0.39 is 0 Å². The Hall–Kier alpha value is -1.92. The molecule has 2 rings (SSSR count). The van der Waals surface area contributed by atoms with Crippen LogP contribution >= 0.6 is 24.0 Å². The summed E-state index contributed by atoms with van der Waals surface area (Å²) >= 11 is 6.20. The summed E-state index contributed by atoms with van der Waals surface area (Å²) in [5.74, 6) is -0.312. The van der Waals surface area contributed by atoms with Gasteiger partial charge in [0.1, 0.15) is 0 Å². The summed E-state index contributed by atoms with van der Waals surface area (Å²) in [6, 6.07) is 9.81. The van der Waals surface area contributed by atoms with E-state index in [2.05, 4.69) is 5.43 Å². The van der Waals surface area contributed by atoms with Crippen LogP contribution < -0.4 is 5.43 Å². The van der Waals surface area contributed by atoms with E-state index >= 15 is 0 Å². The molecule has 0 radical (unpaired) electrons. The predicted molar refractivity (Wildman–Crippen MR) is 84.4 cm³/mol. The molecule has 1 aliphatic heterocycles. The molecule has 0 bridgehead atoms. The lowest BCUT2D eigenvalue weighted by Crippen LogP contribution is -2.40. The van der Waals surface area contributed by atoms with Gasteiger partial charge in [0, 0.05) is 0 Å². The van der Waals surface area contributed by atoms with E-state index in [0.29, 0.717) is 15.6 Å². The van der Waals surface area contributed by atoms with Gasteiger partial charge in [-0.25, -0.2) is 0 Å². The van der Waals surface area contributed by atoms with Gasteiger partial charge in [0.25, 0.3) is 5.91 Å². The standard InChI is InChI=1S/C14H12N2O2S2/c1-10(7-11-5-3-2-4-6-11)8-12-13(18)16(15-9-17)14(19)20-12/h2-9H,1H3,(H,15,17)/b10-7+,12-8-. The summed E-state index contributed by atoms with van der Waals surface area (Å²) in [4.78, 5) is 22.9. The lowest BCUT2D eigenvalue weighted by molar-refractivity contribution is -0.128. The maximum atomic E-state index is 12.0. The molecule has 0 atom stereocenters. The van der Waals surface area contributed by atoms with E-state index in [0.717, 1.165) is 16.1 Å². The molecular formula is C14H12N2O2S2. The smallest absolute Gasteiger partial charge is 0.277 e. The number of allylic oxidation sites excluding steroid dienone is 2. The third-order valence-corrected chi connectivity index (χ3v) is 3.83. The number of hydrogen-bond acceptors (Lipinski definition) is 4. The Labute approximate surface area is 126 Å². The molecule has 0 aromatic heterocycles. The maximum Gasteiger partial charge on any atom is 0.285 e. The van der Waals surface area contributed by atoms with Crippen LogP contribution in [0.3, 0.4) is 0 Å².